The van der Waals surface area contributed by atoms with Crippen LogP contribution in [-0.4, -0.2) is 20.7 Å². The third-order valence-corrected chi connectivity index (χ3v) is 4.83. The van der Waals surface area contributed by atoms with Gasteiger partial charge >= 0.3 is 0 Å². The van der Waals surface area contributed by atoms with Gasteiger partial charge in [-0.1, -0.05) is 11.3 Å². The van der Waals surface area contributed by atoms with Crippen LogP contribution in [-0.2, 0) is 15.1 Å². The van der Waals surface area contributed by atoms with Gasteiger partial charge in [0.2, 0.25) is 5.13 Å². The van der Waals surface area contributed by atoms with E-state index in [4.69, 9.17) is 5.26 Å². The van der Waals surface area contributed by atoms with Crippen LogP contribution in [0.15, 0.2) is 14.6 Å². The molecule has 0 radical (unpaired) electrons. The van der Waals surface area contributed by atoms with E-state index in [1.165, 1.54) is 7.11 Å². The molecule has 0 aliphatic heterocycles. The molecular weight excluding hydrogens is 332 g/mol. The lowest BCUT2D eigenvalue weighted by Crippen LogP contribution is -1.76. The predicted octanol–water partition coefficient (Wildman–Crippen LogP) is 3.36. The lowest BCUT2D eigenvalue weighted by atomic mass is 10.3. The summed E-state index contributed by atoms with van der Waals surface area (Å²) in [6.45, 7) is 3.48. The largest absolute Gasteiger partial charge is 0.290 e. The third kappa shape index (κ3) is 3.67. The van der Waals surface area contributed by atoms with Crippen LogP contribution in [0, 0.1) is 25.2 Å². The first-order valence-corrected chi connectivity index (χ1v) is 8.25. The van der Waals surface area contributed by atoms with Gasteiger partial charge in [-0.25, -0.2) is 9.19 Å². The van der Waals surface area contributed by atoms with Gasteiger partial charge in [0.15, 0.2) is 20.9 Å². The molecule has 8 nitrogen and oxygen atoms in total. The van der Waals surface area contributed by atoms with E-state index in [1.807, 2.05) is 6.07 Å². The molecule has 0 saturated heterocycles. The summed E-state index contributed by atoms with van der Waals surface area (Å²) in [7, 11) is -0.807. The van der Waals surface area contributed by atoms with Gasteiger partial charge in [0.05, 0.1) is 18.5 Å². The zero-order chi connectivity index (χ0) is 15.4. The van der Waals surface area contributed by atoms with Gasteiger partial charge in [-0.2, -0.15) is 9.64 Å². The maximum absolute atomic E-state index is 11.2. The monoisotopic (exact) mass is 342 g/mol. The molecule has 0 amide bonds. The molecule has 2 rings (SSSR count). The van der Waals surface area contributed by atoms with Crippen molar-refractivity contribution in [3.05, 3.63) is 17.0 Å². The van der Waals surface area contributed by atoms with Crippen LogP contribution in [0.5, 0.6) is 0 Å². The van der Waals surface area contributed by atoms with E-state index in [1.54, 1.807) is 13.8 Å². The molecule has 0 bridgehead atoms. The molecule has 21 heavy (non-hydrogen) atoms. The Labute approximate surface area is 130 Å². The van der Waals surface area contributed by atoms with Crippen LogP contribution in [0.3, 0.4) is 0 Å². The first kappa shape index (κ1) is 15.6. The number of thiol groups is 1. The van der Waals surface area contributed by atoms with Crippen molar-refractivity contribution in [2.75, 3.05) is 7.11 Å². The standard InChI is InChI=1S/C10H10N6O2S3/c1-5-7(4-11)9(20-15-5)14-13-8-6(2)12-10(19-8)16-21(17)18-3/h21H,1-3H3/b14-13+. The van der Waals surface area contributed by atoms with Gasteiger partial charge in [0.1, 0.15) is 11.6 Å². The number of hydrogen-bond donors (Lipinski definition) is 1. The first-order valence-electron chi connectivity index (χ1n) is 5.53. The molecule has 0 aromatic carbocycles. The normalized spacial score (nSPS) is 12.9. The Balaban J connectivity index is 2.30. The van der Waals surface area contributed by atoms with Crippen LogP contribution in [0.1, 0.15) is 17.0 Å². The Hall–Kier alpha value is -1.74. The van der Waals surface area contributed by atoms with Crippen molar-refractivity contribution in [2.45, 2.75) is 13.8 Å². The van der Waals surface area contributed by atoms with E-state index >= 15 is 0 Å². The smallest absolute Gasteiger partial charge is 0.221 e. The van der Waals surface area contributed by atoms with E-state index in [9.17, 15) is 4.21 Å². The van der Waals surface area contributed by atoms with Crippen LogP contribution in [0.2, 0.25) is 0 Å². The molecule has 2 aromatic heterocycles. The third-order valence-electron chi connectivity index (χ3n) is 2.27. The molecule has 2 aromatic rings. The summed E-state index contributed by atoms with van der Waals surface area (Å²) in [5.74, 6) is 0. The lowest BCUT2D eigenvalue weighted by Gasteiger charge is -1.87. The van der Waals surface area contributed by atoms with Crippen LogP contribution in [0.25, 0.3) is 0 Å². The fourth-order valence-corrected chi connectivity index (χ4v) is 3.20. The number of nitriles is 1. The Morgan fingerprint density at radius 3 is 2.67 bits per heavy atom. The van der Waals surface area contributed by atoms with Crippen LogP contribution >= 0.6 is 22.9 Å². The molecule has 0 saturated carbocycles. The van der Waals surface area contributed by atoms with Crippen molar-refractivity contribution < 1.29 is 8.39 Å². The van der Waals surface area contributed by atoms with E-state index in [0.29, 0.717) is 32.1 Å². The van der Waals surface area contributed by atoms with Gasteiger partial charge in [0, 0.05) is 0 Å². The summed E-state index contributed by atoms with van der Waals surface area (Å²) in [6.07, 6.45) is 0. The highest BCUT2D eigenvalue weighted by Crippen LogP contribution is 2.35. The van der Waals surface area contributed by atoms with Gasteiger partial charge in [-0.15, -0.1) is 14.6 Å². The van der Waals surface area contributed by atoms with E-state index < -0.39 is 10.9 Å². The zero-order valence-corrected chi connectivity index (χ0v) is 13.8. The maximum atomic E-state index is 11.2. The fourth-order valence-electron chi connectivity index (χ4n) is 1.27. The average molecular weight is 342 g/mol. The number of aryl methyl sites for hydroxylation is 2. The summed E-state index contributed by atoms with van der Waals surface area (Å²) < 4.78 is 23.6. The Kier molecular flexibility index (Phi) is 5.07. The highest BCUT2D eigenvalue weighted by atomic mass is 32.2. The van der Waals surface area contributed by atoms with Crippen molar-refractivity contribution >= 4 is 48.9 Å². The highest BCUT2D eigenvalue weighted by molar-refractivity contribution is 7.70. The number of rotatable bonds is 4. The molecule has 110 valence electrons. The Bertz CT molecular complexity index is 809. The van der Waals surface area contributed by atoms with Crippen molar-refractivity contribution in [3.63, 3.8) is 0 Å². The molecule has 1 unspecified atom stereocenters. The molecular formula is C10H10N6O2S3. The molecule has 0 N–H and O–H groups in total. The van der Waals surface area contributed by atoms with Gasteiger partial charge in [0.25, 0.3) is 0 Å². The number of nitrogens with zero attached hydrogens (tertiary/aromatic N) is 6. The maximum Gasteiger partial charge on any atom is 0.221 e. The van der Waals surface area contributed by atoms with Crippen molar-refractivity contribution in [2.24, 2.45) is 14.6 Å². The minimum absolute atomic E-state index is 0.311. The molecule has 1 atom stereocenters. The Morgan fingerprint density at radius 2 is 2.00 bits per heavy atom. The lowest BCUT2D eigenvalue weighted by molar-refractivity contribution is 0.453. The number of azo groups is 1. The summed E-state index contributed by atoms with van der Waals surface area (Å²) in [5, 5.41) is 18.4. The van der Waals surface area contributed by atoms with Crippen molar-refractivity contribution in [3.8, 4) is 6.07 Å². The fraction of sp³-hybridized carbons (Fsp3) is 0.300. The molecule has 11 heteroatoms. The molecule has 0 aliphatic rings. The molecule has 2 heterocycles. The van der Waals surface area contributed by atoms with Crippen LogP contribution in [0.4, 0.5) is 15.1 Å². The van der Waals surface area contributed by atoms with E-state index in [2.05, 4.69) is 28.1 Å². The molecule has 0 fully saturated rings. The topological polar surface area (TPSA) is 113 Å². The second-order valence-corrected chi connectivity index (χ2v) is 6.42. The van der Waals surface area contributed by atoms with Gasteiger partial charge in [-0.3, -0.25) is 4.18 Å². The Morgan fingerprint density at radius 1 is 1.29 bits per heavy atom. The summed E-state index contributed by atoms with van der Waals surface area (Å²) in [6, 6.07) is 2.04. The van der Waals surface area contributed by atoms with Crippen LogP contribution < -0.4 is 0 Å². The zero-order valence-electron chi connectivity index (χ0n) is 11.3. The minimum atomic E-state index is -2.11. The second-order valence-electron chi connectivity index (χ2n) is 3.67. The summed E-state index contributed by atoms with van der Waals surface area (Å²) >= 11 is 2.25. The first-order chi connectivity index (χ1) is 10.0. The molecule has 0 aliphatic carbocycles. The number of hydrogen-bond acceptors (Lipinski definition) is 10. The second kappa shape index (κ2) is 6.81. The molecule has 0 spiro atoms. The van der Waals surface area contributed by atoms with E-state index in [0.717, 1.165) is 22.9 Å². The minimum Gasteiger partial charge on any atom is -0.290 e. The van der Waals surface area contributed by atoms with Gasteiger partial charge in [-0.05, 0) is 25.4 Å². The summed E-state index contributed by atoms with van der Waals surface area (Å²) in [4.78, 5) is 4.12. The quantitative estimate of drug-likeness (QED) is 0.676. The van der Waals surface area contributed by atoms with Gasteiger partial charge < -0.3 is 0 Å². The average Bonchev–Trinajstić information content (AvgIpc) is 2.99. The predicted molar refractivity (Wildman–Crippen MR) is 81.2 cm³/mol. The SMILES string of the molecule is CO[SH](=O)=Nc1nc(C)c(/N=N/c2snc(C)c2C#N)s1. The van der Waals surface area contributed by atoms with Crippen molar-refractivity contribution in [1.82, 2.24) is 9.36 Å². The van der Waals surface area contributed by atoms with Crippen molar-refractivity contribution in [1.29, 1.82) is 5.26 Å². The number of aromatic nitrogens is 2. The summed E-state index contributed by atoms with van der Waals surface area (Å²) in [5.41, 5.74) is 1.66. The van der Waals surface area contributed by atoms with E-state index in [-0.39, 0.29) is 0 Å². The highest BCUT2D eigenvalue weighted by Gasteiger charge is 2.11. The number of thiazole rings is 1.